The maximum absolute atomic E-state index is 12.4. The minimum Gasteiger partial charge on any atom is -0.497 e. The number of amides is 3. The zero-order valence-corrected chi connectivity index (χ0v) is 15.7. The van der Waals surface area contributed by atoms with Crippen LogP contribution in [0.1, 0.15) is 42.5 Å². The van der Waals surface area contributed by atoms with Gasteiger partial charge in [-0.15, -0.1) is 0 Å². The molecule has 27 heavy (non-hydrogen) atoms. The smallest absolute Gasteiger partial charge is 0.251 e. The topological polar surface area (TPSA) is 87.7 Å². The Hall–Kier alpha value is -2.57. The number of nitrogens with one attached hydrogen (secondary N) is 2. The van der Waals surface area contributed by atoms with Crippen LogP contribution < -0.4 is 15.4 Å². The van der Waals surface area contributed by atoms with Crippen LogP contribution in [-0.2, 0) is 9.59 Å². The van der Waals surface area contributed by atoms with Crippen molar-refractivity contribution in [3.8, 4) is 5.75 Å². The molecule has 0 unspecified atom stereocenters. The second kappa shape index (κ2) is 8.88. The third-order valence-corrected chi connectivity index (χ3v) is 5.06. The molecule has 1 saturated carbocycles. The lowest BCUT2D eigenvalue weighted by molar-refractivity contribution is -0.139. The lowest BCUT2D eigenvalue weighted by Crippen LogP contribution is -2.46. The van der Waals surface area contributed by atoms with Gasteiger partial charge in [0.25, 0.3) is 5.91 Å². The van der Waals surface area contributed by atoms with E-state index in [1.165, 1.54) is 0 Å². The largest absolute Gasteiger partial charge is 0.497 e. The van der Waals surface area contributed by atoms with Crippen molar-refractivity contribution in [1.29, 1.82) is 0 Å². The Morgan fingerprint density at radius 3 is 2.44 bits per heavy atom. The highest BCUT2D eigenvalue weighted by molar-refractivity contribution is 5.94. The van der Waals surface area contributed by atoms with Gasteiger partial charge in [-0.25, -0.2) is 0 Å². The molecule has 1 aliphatic carbocycles. The molecule has 1 atom stereocenters. The third-order valence-electron chi connectivity index (χ3n) is 5.06. The molecule has 2 fully saturated rings. The van der Waals surface area contributed by atoms with E-state index in [-0.39, 0.29) is 29.7 Å². The first-order chi connectivity index (χ1) is 13.1. The van der Waals surface area contributed by atoms with Gasteiger partial charge in [-0.1, -0.05) is 0 Å². The molecule has 1 aromatic carbocycles. The van der Waals surface area contributed by atoms with Crippen LogP contribution in [0.3, 0.4) is 0 Å². The fourth-order valence-corrected chi connectivity index (χ4v) is 3.33. The van der Waals surface area contributed by atoms with E-state index in [2.05, 4.69) is 10.6 Å². The van der Waals surface area contributed by atoms with Gasteiger partial charge >= 0.3 is 0 Å². The van der Waals surface area contributed by atoms with Crippen LogP contribution >= 0.6 is 0 Å². The van der Waals surface area contributed by atoms with Crippen molar-refractivity contribution in [2.24, 2.45) is 5.92 Å². The number of ether oxygens (including phenoxy) is 1. The average molecular weight is 373 g/mol. The van der Waals surface area contributed by atoms with Gasteiger partial charge in [0.15, 0.2) is 0 Å². The summed E-state index contributed by atoms with van der Waals surface area (Å²) in [5.41, 5.74) is 0.569. The van der Waals surface area contributed by atoms with Gasteiger partial charge in [-0.3, -0.25) is 14.4 Å². The van der Waals surface area contributed by atoms with E-state index in [9.17, 15) is 14.4 Å². The van der Waals surface area contributed by atoms with E-state index < -0.39 is 0 Å². The van der Waals surface area contributed by atoms with Crippen LogP contribution in [-0.4, -0.2) is 55.4 Å². The molecule has 2 N–H and O–H groups in total. The van der Waals surface area contributed by atoms with Crippen LogP contribution in [0.25, 0.3) is 0 Å². The van der Waals surface area contributed by atoms with Crippen LogP contribution in [0.15, 0.2) is 24.3 Å². The molecule has 7 nitrogen and oxygen atoms in total. The van der Waals surface area contributed by atoms with E-state index in [1.54, 1.807) is 36.3 Å². The first-order valence-electron chi connectivity index (χ1n) is 9.60. The molecule has 0 aromatic heterocycles. The summed E-state index contributed by atoms with van der Waals surface area (Å²) in [7, 11) is 1.58. The fraction of sp³-hybridized carbons (Fsp3) is 0.550. The highest BCUT2D eigenvalue weighted by atomic mass is 16.5. The highest BCUT2D eigenvalue weighted by Crippen LogP contribution is 2.33. The summed E-state index contributed by atoms with van der Waals surface area (Å²) in [6.07, 6.45) is 4.17. The Bertz CT molecular complexity index is 685. The van der Waals surface area contributed by atoms with Gasteiger partial charge in [0, 0.05) is 31.1 Å². The summed E-state index contributed by atoms with van der Waals surface area (Å²) in [6, 6.07) is 6.58. The first-order valence-corrected chi connectivity index (χ1v) is 9.60. The second-order valence-electron chi connectivity index (χ2n) is 7.09. The number of hydrogen-bond acceptors (Lipinski definition) is 4. The fourth-order valence-electron chi connectivity index (χ4n) is 3.33. The normalized spacial score (nSPS) is 18.9. The highest BCUT2D eigenvalue weighted by Gasteiger charge is 2.40. The lowest BCUT2D eigenvalue weighted by atomic mass is 10.2. The van der Waals surface area contributed by atoms with Gasteiger partial charge < -0.3 is 20.3 Å². The molecule has 0 radical (unpaired) electrons. The first kappa shape index (κ1) is 19.2. The van der Waals surface area contributed by atoms with Crippen molar-refractivity contribution in [1.82, 2.24) is 15.5 Å². The SMILES string of the molecule is COc1ccc(C(=O)NCCCNC(=O)[C@H]2CCCN2C(=O)C2CC2)cc1. The monoisotopic (exact) mass is 373 g/mol. The Balaban J connectivity index is 1.35. The van der Waals surface area contributed by atoms with Gasteiger partial charge in [-0.2, -0.15) is 0 Å². The van der Waals surface area contributed by atoms with E-state index in [4.69, 9.17) is 4.74 Å². The van der Waals surface area contributed by atoms with Crippen molar-refractivity contribution in [3.63, 3.8) is 0 Å². The summed E-state index contributed by atoms with van der Waals surface area (Å²) in [6.45, 7) is 1.63. The van der Waals surface area contributed by atoms with E-state index in [0.717, 1.165) is 25.7 Å². The Labute approximate surface area is 159 Å². The molecule has 1 heterocycles. The molecule has 0 bridgehead atoms. The number of likely N-dealkylation sites (tertiary alicyclic amines) is 1. The van der Waals surface area contributed by atoms with Crippen molar-refractivity contribution < 1.29 is 19.1 Å². The molecular formula is C20H27N3O4. The van der Waals surface area contributed by atoms with Crippen LogP contribution in [0.5, 0.6) is 5.75 Å². The van der Waals surface area contributed by atoms with Crippen molar-refractivity contribution in [2.75, 3.05) is 26.7 Å². The number of rotatable bonds is 8. The maximum Gasteiger partial charge on any atom is 0.251 e. The molecule has 146 valence electrons. The minimum atomic E-state index is -0.327. The molecule has 1 saturated heterocycles. The predicted octanol–water partition coefficient (Wildman–Crippen LogP) is 1.33. The summed E-state index contributed by atoms with van der Waals surface area (Å²) in [5.74, 6) is 0.755. The molecular weight excluding hydrogens is 346 g/mol. The Morgan fingerprint density at radius 1 is 1.07 bits per heavy atom. The van der Waals surface area contributed by atoms with Gasteiger partial charge in [0.05, 0.1) is 7.11 Å². The van der Waals surface area contributed by atoms with Crippen molar-refractivity contribution in [3.05, 3.63) is 29.8 Å². The van der Waals surface area contributed by atoms with E-state index in [0.29, 0.717) is 37.4 Å². The standard InChI is InChI=1S/C20H27N3O4/c1-27-16-9-7-14(8-10-16)18(24)21-11-3-12-22-19(25)17-4-2-13-23(17)20(26)15-5-6-15/h7-10,15,17H,2-6,11-13H2,1H3,(H,21,24)(H,22,25)/t17-/m1/s1. The predicted molar refractivity (Wildman–Crippen MR) is 100 cm³/mol. The molecule has 0 spiro atoms. The zero-order chi connectivity index (χ0) is 19.2. The van der Waals surface area contributed by atoms with Crippen molar-refractivity contribution in [2.45, 2.75) is 38.1 Å². The van der Waals surface area contributed by atoms with Crippen LogP contribution in [0.2, 0.25) is 0 Å². The van der Waals surface area contributed by atoms with E-state index >= 15 is 0 Å². The Kier molecular flexibility index (Phi) is 6.32. The summed E-state index contributed by atoms with van der Waals surface area (Å²) in [4.78, 5) is 38.4. The lowest BCUT2D eigenvalue weighted by Gasteiger charge is -2.24. The third kappa shape index (κ3) is 4.99. The average Bonchev–Trinajstić information content (AvgIpc) is 3.43. The van der Waals surface area contributed by atoms with Gasteiger partial charge in [0.1, 0.15) is 11.8 Å². The summed E-state index contributed by atoms with van der Waals surface area (Å²) in [5, 5.41) is 5.73. The molecule has 3 rings (SSSR count). The number of carbonyl (C=O) groups excluding carboxylic acids is 3. The number of nitrogens with zero attached hydrogens (tertiary/aromatic N) is 1. The van der Waals surface area contributed by atoms with E-state index in [1.807, 2.05) is 0 Å². The molecule has 2 aliphatic rings. The quantitative estimate of drug-likeness (QED) is 0.673. The summed E-state index contributed by atoms with van der Waals surface area (Å²) >= 11 is 0. The minimum absolute atomic E-state index is 0.0806. The number of methoxy groups -OCH3 is 1. The Morgan fingerprint density at radius 2 is 1.78 bits per heavy atom. The van der Waals surface area contributed by atoms with Gasteiger partial charge in [0.2, 0.25) is 11.8 Å². The van der Waals surface area contributed by atoms with Crippen molar-refractivity contribution >= 4 is 17.7 Å². The maximum atomic E-state index is 12.4. The number of hydrogen-bond donors (Lipinski definition) is 2. The molecule has 7 heteroatoms. The zero-order valence-electron chi connectivity index (χ0n) is 15.7. The van der Waals surface area contributed by atoms with Gasteiger partial charge in [-0.05, 0) is 56.4 Å². The molecule has 1 aromatic rings. The van der Waals surface area contributed by atoms with Crippen LogP contribution in [0, 0.1) is 5.92 Å². The molecule has 3 amide bonds. The number of benzene rings is 1. The number of carbonyl (C=O) groups is 3. The molecule has 1 aliphatic heterocycles. The second-order valence-corrected chi connectivity index (χ2v) is 7.09. The summed E-state index contributed by atoms with van der Waals surface area (Å²) < 4.78 is 5.07. The van der Waals surface area contributed by atoms with Crippen LogP contribution in [0.4, 0.5) is 0 Å².